The van der Waals surface area contributed by atoms with E-state index < -0.39 is 5.97 Å². The van der Waals surface area contributed by atoms with Crippen LogP contribution in [0.3, 0.4) is 0 Å². The van der Waals surface area contributed by atoms with Crippen molar-refractivity contribution in [1.29, 1.82) is 0 Å². The number of carboxylic acids is 1. The Labute approximate surface area is 130 Å². The molecule has 2 atom stereocenters. The summed E-state index contributed by atoms with van der Waals surface area (Å²) in [6, 6.07) is 15.9. The third kappa shape index (κ3) is 3.11. The fraction of sp³-hybridized carbons (Fsp3) is 0.278. The van der Waals surface area contributed by atoms with Crippen molar-refractivity contribution in [2.45, 2.75) is 26.2 Å². The van der Waals surface area contributed by atoms with Crippen LogP contribution in [-0.2, 0) is 4.79 Å². The summed E-state index contributed by atoms with van der Waals surface area (Å²) in [6.07, 6.45) is 1.76. The molecule has 1 saturated carbocycles. The second-order valence-electron chi connectivity index (χ2n) is 5.26. The lowest BCUT2D eigenvalue weighted by molar-refractivity contribution is -0.145. The molecule has 0 aromatic heterocycles. The fourth-order valence-electron chi connectivity index (χ4n) is 2.76. The number of aliphatic carboxylic acids is 1. The summed E-state index contributed by atoms with van der Waals surface area (Å²) < 4.78 is 0. The van der Waals surface area contributed by atoms with Gasteiger partial charge in [0.15, 0.2) is 0 Å². The Hall–Kier alpha value is -1.80. The number of hydrogen-bond acceptors (Lipinski definition) is 1. The molecule has 0 radical (unpaired) electrons. The predicted octanol–water partition coefficient (Wildman–Crippen LogP) is 5.22. The van der Waals surface area contributed by atoms with Gasteiger partial charge in [0.25, 0.3) is 0 Å². The van der Waals surface area contributed by atoms with E-state index in [1.165, 1.54) is 0 Å². The molecule has 1 N–H and O–H groups in total. The molecule has 3 rings (SSSR count). The van der Waals surface area contributed by atoms with E-state index in [2.05, 4.69) is 12.1 Å². The largest absolute Gasteiger partial charge is 0.481 e. The number of benzene rings is 2. The number of hydrogen-bond donors (Lipinski definition) is 1. The van der Waals surface area contributed by atoms with Crippen LogP contribution in [0.4, 0.5) is 0 Å². The van der Waals surface area contributed by atoms with Crippen LogP contribution in [0.2, 0.25) is 5.02 Å². The Morgan fingerprint density at radius 2 is 1.48 bits per heavy atom. The summed E-state index contributed by atoms with van der Waals surface area (Å²) in [6.45, 7) is 0. The second kappa shape index (κ2) is 6.31. The smallest absolute Gasteiger partial charge is 0.307 e. The van der Waals surface area contributed by atoms with E-state index in [0.717, 1.165) is 34.6 Å². The molecule has 2 nitrogen and oxygen atoms in total. The molecule has 110 valence electrons. The Morgan fingerprint density at radius 3 is 1.90 bits per heavy atom. The number of halogens is 1. The van der Waals surface area contributed by atoms with Crippen molar-refractivity contribution in [2.75, 3.05) is 0 Å². The standard InChI is InChI=1S/C17H15ClO2.CH4/c18-14-7-5-12(6-8-14)11-1-3-13(4-2-11)15-9-10-16(15)17(19)20;/h1-8,15-16H,9-10H2,(H,19,20);1H4. The predicted molar refractivity (Wildman–Crippen MR) is 86.7 cm³/mol. The molecular weight excluding hydrogens is 284 g/mol. The highest BCUT2D eigenvalue weighted by Crippen LogP contribution is 2.42. The lowest BCUT2D eigenvalue weighted by Gasteiger charge is -2.33. The third-order valence-electron chi connectivity index (χ3n) is 4.11. The van der Waals surface area contributed by atoms with E-state index in [1.807, 2.05) is 36.4 Å². The summed E-state index contributed by atoms with van der Waals surface area (Å²) in [5.74, 6) is -0.717. The van der Waals surface area contributed by atoms with E-state index in [9.17, 15) is 4.79 Å². The van der Waals surface area contributed by atoms with Gasteiger partial charge in [-0.3, -0.25) is 4.79 Å². The topological polar surface area (TPSA) is 37.3 Å². The van der Waals surface area contributed by atoms with Crippen molar-refractivity contribution in [3.05, 3.63) is 59.1 Å². The maximum Gasteiger partial charge on any atom is 0.307 e. The van der Waals surface area contributed by atoms with Gasteiger partial charge in [-0.2, -0.15) is 0 Å². The highest BCUT2D eigenvalue weighted by molar-refractivity contribution is 6.30. The maximum atomic E-state index is 11.1. The Kier molecular flexibility index (Phi) is 4.69. The summed E-state index contributed by atoms with van der Waals surface area (Å²) in [5.41, 5.74) is 3.36. The van der Waals surface area contributed by atoms with Crippen LogP contribution >= 0.6 is 11.6 Å². The first kappa shape index (κ1) is 15.6. The Bertz CT molecular complexity index is 617. The van der Waals surface area contributed by atoms with Gasteiger partial charge in [-0.15, -0.1) is 0 Å². The van der Waals surface area contributed by atoms with E-state index >= 15 is 0 Å². The van der Waals surface area contributed by atoms with Crippen LogP contribution in [0.5, 0.6) is 0 Å². The lowest BCUT2D eigenvalue weighted by atomic mass is 9.70. The van der Waals surface area contributed by atoms with Gasteiger partial charge in [0.05, 0.1) is 5.92 Å². The zero-order valence-corrected chi connectivity index (χ0v) is 11.7. The van der Waals surface area contributed by atoms with Crippen LogP contribution in [0.25, 0.3) is 11.1 Å². The van der Waals surface area contributed by atoms with Gasteiger partial charge in [0, 0.05) is 5.02 Å². The maximum absolute atomic E-state index is 11.1. The summed E-state index contributed by atoms with van der Waals surface area (Å²) >= 11 is 5.88. The Balaban J connectivity index is 0.00000161. The summed E-state index contributed by atoms with van der Waals surface area (Å²) in [5, 5.41) is 9.84. The number of rotatable bonds is 3. The van der Waals surface area contributed by atoms with Crippen molar-refractivity contribution < 1.29 is 9.90 Å². The molecule has 0 spiro atoms. The van der Waals surface area contributed by atoms with E-state index in [-0.39, 0.29) is 19.3 Å². The van der Waals surface area contributed by atoms with E-state index in [0.29, 0.717) is 0 Å². The van der Waals surface area contributed by atoms with E-state index in [1.54, 1.807) is 0 Å². The first-order chi connectivity index (χ1) is 9.65. The van der Waals surface area contributed by atoms with Gasteiger partial charge in [-0.1, -0.05) is 55.4 Å². The van der Waals surface area contributed by atoms with Crippen LogP contribution in [0, 0.1) is 5.92 Å². The minimum atomic E-state index is -0.678. The average Bonchev–Trinajstić information content (AvgIpc) is 2.39. The molecule has 0 saturated heterocycles. The van der Waals surface area contributed by atoms with Crippen LogP contribution in [0.1, 0.15) is 31.7 Å². The monoisotopic (exact) mass is 302 g/mol. The molecular formula is C18H19ClO2. The molecule has 1 aliphatic rings. The molecule has 2 aromatic rings. The fourth-order valence-corrected chi connectivity index (χ4v) is 2.89. The zero-order chi connectivity index (χ0) is 14.1. The normalized spacial score (nSPS) is 20.2. The average molecular weight is 303 g/mol. The van der Waals surface area contributed by atoms with Crippen molar-refractivity contribution in [2.24, 2.45) is 5.92 Å². The lowest BCUT2D eigenvalue weighted by Crippen LogP contribution is -2.30. The van der Waals surface area contributed by atoms with Gasteiger partial charge in [-0.05, 0) is 47.6 Å². The minimum absolute atomic E-state index is 0. The Morgan fingerprint density at radius 1 is 0.952 bits per heavy atom. The molecule has 0 heterocycles. The van der Waals surface area contributed by atoms with Crippen molar-refractivity contribution in [3.63, 3.8) is 0 Å². The first-order valence-corrected chi connectivity index (χ1v) is 7.11. The third-order valence-corrected chi connectivity index (χ3v) is 4.36. The highest BCUT2D eigenvalue weighted by atomic mass is 35.5. The van der Waals surface area contributed by atoms with Gasteiger partial charge >= 0.3 is 5.97 Å². The molecule has 1 fully saturated rings. The SMILES string of the molecule is C.O=C(O)C1CCC1c1ccc(-c2ccc(Cl)cc2)cc1. The molecule has 0 aliphatic heterocycles. The highest BCUT2D eigenvalue weighted by Gasteiger charge is 2.37. The van der Waals surface area contributed by atoms with Crippen LogP contribution < -0.4 is 0 Å². The molecule has 21 heavy (non-hydrogen) atoms. The van der Waals surface area contributed by atoms with E-state index in [4.69, 9.17) is 16.7 Å². The number of carbonyl (C=O) groups is 1. The second-order valence-corrected chi connectivity index (χ2v) is 5.69. The van der Waals surface area contributed by atoms with Gasteiger partial charge in [0.1, 0.15) is 0 Å². The van der Waals surface area contributed by atoms with Gasteiger partial charge < -0.3 is 5.11 Å². The van der Waals surface area contributed by atoms with Crippen molar-refractivity contribution in [1.82, 2.24) is 0 Å². The molecule has 0 bridgehead atoms. The molecule has 2 unspecified atom stereocenters. The molecule has 2 aromatic carbocycles. The van der Waals surface area contributed by atoms with Crippen molar-refractivity contribution in [3.8, 4) is 11.1 Å². The van der Waals surface area contributed by atoms with Gasteiger partial charge in [0.2, 0.25) is 0 Å². The molecule has 0 amide bonds. The molecule has 3 heteroatoms. The summed E-state index contributed by atoms with van der Waals surface area (Å²) in [7, 11) is 0. The molecule has 1 aliphatic carbocycles. The quantitative estimate of drug-likeness (QED) is 0.844. The zero-order valence-electron chi connectivity index (χ0n) is 10.9. The van der Waals surface area contributed by atoms with Gasteiger partial charge in [-0.25, -0.2) is 0 Å². The number of carboxylic acid groups (broad SMARTS) is 1. The minimum Gasteiger partial charge on any atom is -0.481 e. The van der Waals surface area contributed by atoms with Crippen LogP contribution in [0.15, 0.2) is 48.5 Å². The summed E-state index contributed by atoms with van der Waals surface area (Å²) in [4.78, 5) is 11.1. The van der Waals surface area contributed by atoms with Crippen molar-refractivity contribution >= 4 is 17.6 Å². The first-order valence-electron chi connectivity index (χ1n) is 6.74. The van der Waals surface area contributed by atoms with Crippen LogP contribution in [-0.4, -0.2) is 11.1 Å².